The summed E-state index contributed by atoms with van der Waals surface area (Å²) in [4.78, 5) is 28.3. The van der Waals surface area contributed by atoms with Gasteiger partial charge in [0.25, 0.3) is 5.91 Å². The number of methoxy groups -OCH3 is 1. The monoisotopic (exact) mass is 564 g/mol. The van der Waals surface area contributed by atoms with Crippen LogP contribution >= 0.6 is 34.5 Å². The highest BCUT2D eigenvalue weighted by Crippen LogP contribution is 2.34. The molecule has 0 saturated heterocycles. The van der Waals surface area contributed by atoms with Gasteiger partial charge >= 0.3 is 5.97 Å². The summed E-state index contributed by atoms with van der Waals surface area (Å²) in [5.74, 6) is -2.02. The van der Waals surface area contributed by atoms with E-state index in [-0.39, 0.29) is 32.4 Å². The lowest BCUT2D eigenvalue weighted by Crippen LogP contribution is -2.12. The second-order valence-electron chi connectivity index (χ2n) is 8.41. The fraction of sp³-hybridized carbons (Fsp3) is 0.296. The van der Waals surface area contributed by atoms with E-state index in [0.717, 1.165) is 37.0 Å². The predicted octanol–water partition coefficient (Wildman–Crippen LogP) is 8.26. The van der Waals surface area contributed by atoms with E-state index in [1.165, 1.54) is 25.1 Å². The van der Waals surface area contributed by atoms with Crippen molar-refractivity contribution < 1.29 is 23.8 Å². The summed E-state index contributed by atoms with van der Waals surface area (Å²) in [7, 11) is 1.58. The molecule has 1 atom stereocenters. The summed E-state index contributed by atoms with van der Waals surface area (Å²) in [6.07, 6.45) is 4.76. The number of nitrogens with one attached hydrogen (secondary N) is 1. The van der Waals surface area contributed by atoms with Crippen LogP contribution in [0.25, 0.3) is 17.3 Å². The third-order valence-electron chi connectivity index (χ3n) is 5.77. The molecule has 0 bridgehead atoms. The molecule has 2 N–H and O–H groups in total. The van der Waals surface area contributed by atoms with Crippen LogP contribution in [0.15, 0.2) is 41.3 Å². The van der Waals surface area contributed by atoms with Crippen LogP contribution < -0.4 is 5.32 Å². The summed E-state index contributed by atoms with van der Waals surface area (Å²) in [6.45, 7) is 3.52. The number of carboxylic acids is 1. The van der Waals surface area contributed by atoms with Crippen LogP contribution in [0.4, 0.5) is 9.52 Å². The van der Waals surface area contributed by atoms with Crippen molar-refractivity contribution in [3.63, 3.8) is 0 Å². The number of hydrogen-bond acceptors (Lipinski definition) is 5. The number of aliphatic carboxylic acids is 1. The Bertz CT molecular complexity index is 1300. The van der Waals surface area contributed by atoms with Crippen LogP contribution in [0.1, 0.15) is 67.1 Å². The number of unbranched alkanes of at least 4 members (excludes halogenated alkanes) is 2. The molecule has 2 aromatic carbocycles. The number of benzene rings is 2. The average Bonchev–Trinajstić information content (AvgIpc) is 3.32. The number of carbonyl (C=O) groups is 2. The molecule has 1 aromatic heterocycles. The SMILES string of the molecule is CCCCCC(OC)c1cccc(-c2csc(NC(=O)c3cc(Cl)c(C=C(C)C(=O)O)c(Cl)c3)n2)c1F. The predicted molar refractivity (Wildman–Crippen MR) is 147 cm³/mol. The van der Waals surface area contributed by atoms with Crippen molar-refractivity contribution in [2.24, 2.45) is 0 Å². The van der Waals surface area contributed by atoms with Crippen molar-refractivity contribution in [3.8, 4) is 11.3 Å². The Morgan fingerprint density at radius 1 is 1.24 bits per heavy atom. The van der Waals surface area contributed by atoms with E-state index in [1.54, 1.807) is 30.7 Å². The van der Waals surface area contributed by atoms with Gasteiger partial charge < -0.3 is 9.84 Å². The Hall–Kier alpha value is -2.78. The topological polar surface area (TPSA) is 88.5 Å². The number of carbonyl (C=O) groups excluding carboxylic acids is 1. The first-order valence-electron chi connectivity index (χ1n) is 11.6. The number of thiazole rings is 1. The van der Waals surface area contributed by atoms with Gasteiger partial charge in [0.15, 0.2) is 5.13 Å². The fourth-order valence-corrected chi connectivity index (χ4v) is 5.03. The molecule has 1 amide bonds. The van der Waals surface area contributed by atoms with Crippen LogP contribution in [0, 0.1) is 5.82 Å². The number of hydrogen-bond donors (Lipinski definition) is 2. The van der Waals surface area contributed by atoms with Gasteiger partial charge in [0.2, 0.25) is 0 Å². The van der Waals surface area contributed by atoms with E-state index < -0.39 is 17.7 Å². The van der Waals surface area contributed by atoms with E-state index in [4.69, 9.17) is 33.0 Å². The van der Waals surface area contributed by atoms with Crippen molar-refractivity contribution in [1.29, 1.82) is 0 Å². The van der Waals surface area contributed by atoms with Gasteiger partial charge in [-0.15, -0.1) is 11.3 Å². The molecule has 0 aliphatic rings. The molecule has 0 saturated carbocycles. The molecule has 6 nitrogen and oxygen atoms in total. The number of rotatable bonds is 11. The minimum Gasteiger partial charge on any atom is -0.478 e. The van der Waals surface area contributed by atoms with Gasteiger partial charge in [0.05, 0.1) is 21.8 Å². The third kappa shape index (κ3) is 7.17. The maximum atomic E-state index is 15.4. The zero-order valence-corrected chi connectivity index (χ0v) is 22.9. The van der Waals surface area contributed by atoms with Crippen molar-refractivity contribution in [3.05, 3.63) is 73.8 Å². The normalized spacial score (nSPS) is 12.4. The second-order valence-corrected chi connectivity index (χ2v) is 10.1. The smallest absolute Gasteiger partial charge is 0.331 e. The molecule has 1 unspecified atom stereocenters. The zero-order valence-electron chi connectivity index (χ0n) is 20.6. The van der Waals surface area contributed by atoms with Crippen molar-refractivity contribution in [2.75, 3.05) is 12.4 Å². The quantitative estimate of drug-likeness (QED) is 0.181. The van der Waals surface area contributed by atoms with Crippen molar-refractivity contribution in [2.45, 2.75) is 45.6 Å². The molecule has 1 heterocycles. The molecule has 0 spiro atoms. The molecule has 196 valence electrons. The summed E-state index contributed by atoms with van der Waals surface area (Å²) in [5, 5.41) is 14.0. The Kier molecular flexibility index (Phi) is 10.2. The van der Waals surface area contributed by atoms with Crippen LogP contribution in [0.2, 0.25) is 10.0 Å². The van der Waals surface area contributed by atoms with Gasteiger partial charge in [-0.2, -0.15) is 0 Å². The lowest BCUT2D eigenvalue weighted by Gasteiger charge is -2.17. The summed E-state index contributed by atoms with van der Waals surface area (Å²) < 4.78 is 21.0. The Labute approximate surface area is 229 Å². The van der Waals surface area contributed by atoms with E-state index >= 15 is 4.39 Å². The van der Waals surface area contributed by atoms with E-state index in [1.807, 2.05) is 0 Å². The molecule has 0 fully saturated rings. The number of amides is 1. The maximum Gasteiger partial charge on any atom is 0.331 e. The highest BCUT2D eigenvalue weighted by atomic mass is 35.5. The van der Waals surface area contributed by atoms with Gasteiger partial charge in [-0.25, -0.2) is 14.2 Å². The van der Waals surface area contributed by atoms with Crippen molar-refractivity contribution >= 4 is 57.6 Å². The minimum absolute atomic E-state index is 0.0467. The van der Waals surface area contributed by atoms with Gasteiger partial charge in [-0.05, 0) is 37.6 Å². The average molecular weight is 565 g/mol. The number of nitrogens with zero attached hydrogens (tertiary/aromatic N) is 1. The molecular formula is C27H27Cl2FN2O4S. The Morgan fingerprint density at radius 3 is 2.57 bits per heavy atom. The van der Waals surface area contributed by atoms with Crippen LogP contribution in [-0.2, 0) is 9.53 Å². The largest absolute Gasteiger partial charge is 0.478 e. The number of carboxylic acid groups (broad SMARTS) is 1. The molecule has 0 aliphatic carbocycles. The van der Waals surface area contributed by atoms with E-state index in [2.05, 4.69) is 17.2 Å². The molecule has 37 heavy (non-hydrogen) atoms. The first-order chi connectivity index (χ1) is 17.7. The van der Waals surface area contributed by atoms with E-state index in [0.29, 0.717) is 22.4 Å². The lowest BCUT2D eigenvalue weighted by atomic mass is 9.99. The summed E-state index contributed by atoms with van der Waals surface area (Å²) in [6, 6.07) is 7.92. The fourth-order valence-electron chi connectivity index (χ4n) is 3.73. The van der Waals surface area contributed by atoms with Crippen molar-refractivity contribution in [1.82, 2.24) is 4.98 Å². The van der Waals surface area contributed by atoms with Gasteiger partial charge in [-0.3, -0.25) is 10.1 Å². The number of anilines is 1. The molecule has 3 aromatic rings. The highest BCUT2D eigenvalue weighted by molar-refractivity contribution is 7.14. The van der Waals surface area contributed by atoms with Gasteiger partial charge in [-0.1, -0.05) is 61.5 Å². The molecule has 0 aliphatic heterocycles. The second kappa shape index (κ2) is 13.1. The Morgan fingerprint density at radius 2 is 1.95 bits per heavy atom. The maximum absolute atomic E-state index is 15.4. The van der Waals surface area contributed by atoms with Crippen LogP contribution in [0.5, 0.6) is 0 Å². The Balaban J connectivity index is 1.80. The summed E-state index contributed by atoms with van der Waals surface area (Å²) >= 11 is 13.7. The third-order valence-corrected chi connectivity index (χ3v) is 7.15. The first kappa shape index (κ1) is 28.8. The first-order valence-corrected chi connectivity index (χ1v) is 13.3. The number of aromatic nitrogens is 1. The number of ether oxygens (including phenoxy) is 1. The lowest BCUT2D eigenvalue weighted by molar-refractivity contribution is -0.132. The standard InChI is InChI=1S/C27H27Cl2FN2O4S/c1-4-5-6-10-23(36-3)18-9-7-8-17(24(18)30)22-14-37-27(31-22)32-25(33)16-12-20(28)19(21(29)13-16)11-15(2)26(34)35/h7-9,11-14,23H,4-6,10H2,1-3H3,(H,34,35)(H,31,32,33). The van der Waals surface area contributed by atoms with E-state index in [9.17, 15) is 9.59 Å². The molecule has 10 heteroatoms. The molecular weight excluding hydrogens is 538 g/mol. The molecule has 3 rings (SSSR count). The number of halogens is 3. The zero-order chi connectivity index (χ0) is 27.1. The molecule has 0 radical (unpaired) electrons. The van der Waals surface area contributed by atoms with Crippen LogP contribution in [-0.4, -0.2) is 29.1 Å². The van der Waals surface area contributed by atoms with Crippen LogP contribution in [0.3, 0.4) is 0 Å². The van der Waals surface area contributed by atoms with Gasteiger partial charge in [0.1, 0.15) is 5.82 Å². The van der Waals surface area contributed by atoms with Gasteiger partial charge in [0, 0.05) is 40.3 Å². The highest BCUT2D eigenvalue weighted by Gasteiger charge is 2.20. The minimum atomic E-state index is -1.11. The summed E-state index contributed by atoms with van der Waals surface area (Å²) in [5.41, 5.74) is 1.71.